The first-order valence-corrected chi connectivity index (χ1v) is 7.02. The minimum absolute atomic E-state index is 0.214. The Morgan fingerprint density at radius 1 is 1.58 bits per heavy atom. The van der Waals surface area contributed by atoms with E-state index < -0.39 is 11.4 Å². The molecule has 2 N–H and O–H groups in total. The molecule has 1 aromatic rings. The lowest BCUT2D eigenvalue weighted by Crippen LogP contribution is -2.48. The summed E-state index contributed by atoms with van der Waals surface area (Å²) in [6.45, 7) is 2.32. The Hall–Kier alpha value is -1.07. The van der Waals surface area contributed by atoms with Crippen LogP contribution in [0.25, 0.3) is 0 Å². The monoisotopic (exact) mass is 327 g/mol. The van der Waals surface area contributed by atoms with Crippen LogP contribution in [-0.4, -0.2) is 24.2 Å². The van der Waals surface area contributed by atoms with Crippen molar-refractivity contribution in [3.63, 3.8) is 0 Å². The number of benzene rings is 1. The minimum atomic E-state index is -0.711. The highest BCUT2D eigenvalue weighted by atomic mass is 79.9. The molecule has 1 fully saturated rings. The number of carboxylic acids is 1. The Labute approximate surface area is 121 Å². The maximum absolute atomic E-state index is 11.1. The number of carboxylic acid groups (broad SMARTS) is 1. The van der Waals surface area contributed by atoms with Crippen molar-refractivity contribution in [2.24, 2.45) is 5.41 Å². The van der Waals surface area contributed by atoms with Gasteiger partial charge in [-0.25, -0.2) is 0 Å². The van der Waals surface area contributed by atoms with E-state index in [2.05, 4.69) is 21.2 Å². The summed E-state index contributed by atoms with van der Waals surface area (Å²) in [6, 6.07) is 6.14. The lowest BCUT2D eigenvalue weighted by molar-refractivity contribution is -0.153. The number of methoxy groups -OCH3 is 1. The molecule has 0 unspecified atom stereocenters. The summed E-state index contributed by atoms with van der Waals surface area (Å²) in [5.74, 6) is -0.711. The number of carbonyl (C=O) groups is 1. The third kappa shape index (κ3) is 2.92. The van der Waals surface area contributed by atoms with Crippen molar-refractivity contribution in [2.45, 2.75) is 32.4 Å². The van der Waals surface area contributed by atoms with Gasteiger partial charge in [-0.05, 0) is 31.9 Å². The molecule has 1 aliphatic carbocycles. The number of hydrogen-bond donors (Lipinski definition) is 2. The van der Waals surface area contributed by atoms with Gasteiger partial charge in [0.1, 0.15) is 0 Å². The van der Waals surface area contributed by atoms with E-state index in [1.807, 2.05) is 18.2 Å². The number of anilines is 1. The molecule has 0 aliphatic heterocycles. The number of aliphatic carboxylic acids is 1. The fraction of sp³-hybridized carbons (Fsp3) is 0.500. The Kier molecular flexibility index (Phi) is 4.16. The topological polar surface area (TPSA) is 58.6 Å². The van der Waals surface area contributed by atoms with Crippen molar-refractivity contribution in [2.75, 3.05) is 12.4 Å². The van der Waals surface area contributed by atoms with E-state index in [4.69, 9.17) is 9.84 Å². The molecule has 1 aromatic carbocycles. The minimum Gasteiger partial charge on any atom is -0.481 e. The maximum atomic E-state index is 11.1. The third-order valence-electron chi connectivity index (χ3n) is 3.68. The average molecular weight is 328 g/mol. The van der Waals surface area contributed by atoms with E-state index in [-0.39, 0.29) is 6.04 Å². The number of rotatable bonds is 5. The number of halogens is 1. The molecule has 1 saturated carbocycles. The number of ether oxygens (including phenoxy) is 1. The van der Waals surface area contributed by atoms with Gasteiger partial charge in [0.25, 0.3) is 0 Å². The zero-order valence-corrected chi connectivity index (χ0v) is 12.7. The first kappa shape index (κ1) is 14.3. The van der Waals surface area contributed by atoms with Gasteiger partial charge >= 0.3 is 5.97 Å². The molecule has 2 rings (SSSR count). The van der Waals surface area contributed by atoms with Crippen molar-refractivity contribution >= 4 is 27.6 Å². The Balaban J connectivity index is 2.05. The molecule has 19 heavy (non-hydrogen) atoms. The maximum Gasteiger partial charge on any atom is 0.309 e. The zero-order valence-electron chi connectivity index (χ0n) is 11.1. The molecule has 0 aromatic heterocycles. The summed E-state index contributed by atoms with van der Waals surface area (Å²) >= 11 is 3.51. The summed E-state index contributed by atoms with van der Waals surface area (Å²) in [7, 11) is 1.66. The molecular weight excluding hydrogens is 310 g/mol. The van der Waals surface area contributed by atoms with Crippen LogP contribution in [0.5, 0.6) is 0 Å². The molecule has 4 nitrogen and oxygen atoms in total. The normalized spacial score (nSPS) is 25.7. The fourth-order valence-corrected chi connectivity index (χ4v) is 2.99. The largest absolute Gasteiger partial charge is 0.481 e. The van der Waals surface area contributed by atoms with E-state index in [1.54, 1.807) is 14.0 Å². The first-order chi connectivity index (χ1) is 8.96. The van der Waals surface area contributed by atoms with Gasteiger partial charge in [0.2, 0.25) is 0 Å². The van der Waals surface area contributed by atoms with Crippen LogP contribution in [0.1, 0.15) is 25.3 Å². The van der Waals surface area contributed by atoms with E-state index in [0.717, 1.165) is 15.7 Å². The van der Waals surface area contributed by atoms with Crippen LogP contribution in [-0.2, 0) is 16.1 Å². The molecule has 0 spiro atoms. The molecule has 0 saturated heterocycles. The van der Waals surface area contributed by atoms with Crippen LogP contribution in [0.15, 0.2) is 22.7 Å². The van der Waals surface area contributed by atoms with Gasteiger partial charge in [0.15, 0.2) is 0 Å². The van der Waals surface area contributed by atoms with Gasteiger partial charge in [-0.2, -0.15) is 0 Å². The molecular formula is C14H18BrNO3. The van der Waals surface area contributed by atoms with E-state index in [0.29, 0.717) is 19.4 Å². The van der Waals surface area contributed by atoms with Crippen LogP contribution < -0.4 is 5.32 Å². The second-order valence-electron chi connectivity index (χ2n) is 5.31. The summed E-state index contributed by atoms with van der Waals surface area (Å²) in [6.07, 6.45) is 1.31. The quantitative estimate of drug-likeness (QED) is 0.871. The summed E-state index contributed by atoms with van der Waals surface area (Å²) < 4.78 is 6.20. The molecule has 1 aliphatic rings. The van der Waals surface area contributed by atoms with Crippen LogP contribution in [0.4, 0.5) is 5.69 Å². The van der Waals surface area contributed by atoms with Crippen molar-refractivity contribution in [1.29, 1.82) is 0 Å². The zero-order chi connectivity index (χ0) is 14.0. The Morgan fingerprint density at radius 2 is 2.26 bits per heavy atom. The van der Waals surface area contributed by atoms with Crippen LogP contribution in [0, 0.1) is 5.41 Å². The van der Waals surface area contributed by atoms with Gasteiger partial charge in [-0.1, -0.05) is 22.0 Å². The van der Waals surface area contributed by atoms with E-state index in [1.165, 1.54) is 0 Å². The fourth-order valence-electron chi connectivity index (χ4n) is 2.51. The second-order valence-corrected chi connectivity index (χ2v) is 6.17. The van der Waals surface area contributed by atoms with Gasteiger partial charge in [0.05, 0.1) is 12.0 Å². The lowest BCUT2D eigenvalue weighted by Gasteiger charge is -2.42. The molecule has 0 radical (unpaired) electrons. The highest BCUT2D eigenvalue weighted by Crippen LogP contribution is 2.43. The molecule has 0 amide bonds. The molecule has 0 bridgehead atoms. The van der Waals surface area contributed by atoms with Crippen LogP contribution >= 0.6 is 15.9 Å². The number of hydrogen-bond acceptors (Lipinski definition) is 3. The predicted octanol–water partition coefficient (Wildman–Crippen LogP) is 3.26. The third-order valence-corrected chi connectivity index (χ3v) is 4.42. The smallest absolute Gasteiger partial charge is 0.309 e. The van der Waals surface area contributed by atoms with E-state index >= 15 is 0 Å². The predicted molar refractivity (Wildman–Crippen MR) is 77.2 cm³/mol. The molecule has 5 heteroatoms. The molecule has 0 heterocycles. The van der Waals surface area contributed by atoms with Gasteiger partial charge in [-0.3, -0.25) is 4.79 Å². The lowest BCUT2D eigenvalue weighted by atomic mass is 9.67. The SMILES string of the molecule is COCc1c(Br)cccc1NC1CC(C)(C(=O)O)C1. The second kappa shape index (κ2) is 5.51. The first-order valence-electron chi connectivity index (χ1n) is 6.22. The summed E-state index contributed by atoms with van der Waals surface area (Å²) in [5.41, 5.74) is 1.49. The van der Waals surface area contributed by atoms with E-state index in [9.17, 15) is 4.79 Å². The van der Waals surface area contributed by atoms with Gasteiger partial charge in [-0.15, -0.1) is 0 Å². The Bertz CT molecular complexity index is 484. The highest BCUT2D eigenvalue weighted by molar-refractivity contribution is 9.10. The highest BCUT2D eigenvalue weighted by Gasteiger charge is 2.46. The van der Waals surface area contributed by atoms with Gasteiger partial charge in [0, 0.05) is 28.9 Å². The molecule has 0 atom stereocenters. The van der Waals surface area contributed by atoms with Crippen molar-refractivity contribution in [1.82, 2.24) is 0 Å². The summed E-state index contributed by atoms with van der Waals surface area (Å²) in [5, 5.41) is 12.5. The number of nitrogens with one attached hydrogen (secondary N) is 1. The summed E-state index contributed by atoms with van der Waals surface area (Å²) in [4.78, 5) is 11.1. The van der Waals surface area contributed by atoms with Crippen LogP contribution in [0.3, 0.4) is 0 Å². The van der Waals surface area contributed by atoms with Crippen LogP contribution in [0.2, 0.25) is 0 Å². The average Bonchev–Trinajstić information content (AvgIpc) is 2.31. The Morgan fingerprint density at radius 3 is 2.84 bits per heavy atom. The van der Waals surface area contributed by atoms with Crippen molar-refractivity contribution in [3.05, 3.63) is 28.2 Å². The standard InChI is InChI=1S/C14H18BrNO3/c1-14(13(17)18)6-9(7-14)16-12-5-3-4-11(15)10(12)8-19-2/h3-5,9,16H,6-8H2,1-2H3,(H,17,18). The van der Waals surface area contributed by atoms with Gasteiger partial charge < -0.3 is 15.2 Å². The van der Waals surface area contributed by atoms with Crippen molar-refractivity contribution in [3.8, 4) is 0 Å². The molecule has 104 valence electrons. The van der Waals surface area contributed by atoms with Crippen molar-refractivity contribution < 1.29 is 14.6 Å².